The minimum absolute atomic E-state index is 0.108. The summed E-state index contributed by atoms with van der Waals surface area (Å²) in [5.41, 5.74) is -0.873. The third-order valence-electron chi connectivity index (χ3n) is 3.74. The highest BCUT2D eigenvalue weighted by molar-refractivity contribution is 7.89. The van der Waals surface area contributed by atoms with Crippen LogP contribution >= 0.6 is 11.6 Å². The fourth-order valence-corrected chi connectivity index (χ4v) is 4.80. The third-order valence-corrected chi connectivity index (χ3v) is 6.16. The number of sulfonamides is 1. The monoisotopic (exact) mass is 317 g/mol. The molecule has 5 nitrogen and oxygen atoms in total. The van der Waals surface area contributed by atoms with Crippen molar-refractivity contribution in [1.29, 1.82) is 0 Å². The average Bonchev–Trinajstić information content (AvgIpc) is 2.73. The van der Waals surface area contributed by atoms with Crippen LogP contribution in [-0.2, 0) is 14.8 Å². The largest absolute Gasteiger partial charge is 0.480 e. The van der Waals surface area contributed by atoms with E-state index in [-0.39, 0.29) is 11.4 Å². The number of aryl methyl sites for hydroxylation is 1. The molecular weight excluding hydrogens is 302 g/mol. The molecule has 1 aromatic carbocycles. The highest BCUT2D eigenvalue weighted by atomic mass is 35.5. The van der Waals surface area contributed by atoms with Crippen LogP contribution in [0.4, 0.5) is 0 Å². The Morgan fingerprint density at radius 3 is 2.65 bits per heavy atom. The van der Waals surface area contributed by atoms with E-state index in [1.54, 1.807) is 13.0 Å². The van der Waals surface area contributed by atoms with Crippen LogP contribution in [0, 0.1) is 6.92 Å². The number of hydrogen-bond acceptors (Lipinski definition) is 3. The van der Waals surface area contributed by atoms with Crippen molar-refractivity contribution in [3.63, 3.8) is 0 Å². The smallest absolute Gasteiger partial charge is 0.324 e. The summed E-state index contributed by atoms with van der Waals surface area (Å²) in [6, 6.07) is 4.48. The first-order valence-electron chi connectivity index (χ1n) is 6.22. The lowest BCUT2D eigenvalue weighted by Gasteiger charge is -2.30. The number of aliphatic carboxylic acids is 1. The summed E-state index contributed by atoms with van der Waals surface area (Å²) in [6.45, 7) is 3.31. The van der Waals surface area contributed by atoms with Gasteiger partial charge in [-0.3, -0.25) is 4.79 Å². The minimum atomic E-state index is -3.84. The van der Waals surface area contributed by atoms with Crippen LogP contribution in [0.2, 0.25) is 5.02 Å². The molecule has 0 aliphatic carbocycles. The third kappa shape index (κ3) is 2.32. The Kier molecular flexibility index (Phi) is 3.83. The van der Waals surface area contributed by atoms with Gasteiger partial charge in [-0.25, -0.2) is 8.42 Å². The molecule has 0 bridgehead atoms. The first-order valence-corrected chi connectivity index (χ1v) is 8.04. The highest BCUT2D eigenvalue weighted by Crippen LogP contribution is 2.35. The zero-order valence-corrected chi connectivity index (χ0v) is 12.8. The number of benzene rings is 1. The van der Waals surface area contributed by atoms with Crippen molar-refractivity contribution in [3.05, 3.63) is 28.8 Å². The second-order valence-electron chi connectivity index (χ2n) is 5.17. The lowest BCUT2D eigenvalue weighted by Crippen LogP contribution is -2.50. The maximum absolute atomic E-state index is 12.7. The van der Waals surface area contributed by atoms with E-state index in [1.165, 1.54) is 19.1 Å². The van der Waals surface area contributed by atoms with Gasteiger partial charge in [0.15, 0.2) is 0 Å². The lowest BCUT2D eigenvalue weighted by molar-refractivity contribution is -0.146. The standard InChI is InChI=1S/C13H16ClNO4S/c1-9-8-10(14)4-5-11(9)20(18,19)15-7-3-6-13(15,2)12(16)17/h4-5,8H,3,6-7H2,1-2H3,(H,16,17). The molecule has 0 saturated carbocycles. The van der Waals surface area contributed by atoms with Gasteiger partial charge in [0.05, 0.1) is 4.90 Å². The molecule has 0 amide bonds. The predicted molar refractivity (Wildman–Crippen MR) is 75.4 cm³/mol. The molecular formula is C13H16ClNO4S. The topological polar surface area (TPSA) is 74.7 Å². The summed E-state index contributed by atoms with van der Waals surface area (Å²) < 4.78 is 26.5. The van der Waals surface area contributed by atoms with Crippen LogP contribution < -0.4 is 0 Å². The fourth-order valence-electron chi connectivity index (χ4n) is 2.56. The van der Waals surface area contributed by atoms with Crippen LogP contribution in [-0.4, -0.2) is 35.9 Å². The number of carbonyl (C=O) groups is 1. The Bertz CT molecular complexity index is 658. The van der Waals surface area contributed by atoms with Gasteiger partial charge in [0, 0.05) is 11.6 Å². The molecule has 1 saturated heterocycles. The summed E-state index contributed by atoms with van der Waals surface area (Å²) in [5, 5.41) is 9.79. The Labute approximate surface area is 123 Å². The molecule has 110 valence electrons. The molecule has 1 atom stereocenters. The van der Waals surface area contributed by atoms with Gasteiger partial charge in [0.1, 0.15) is 5.54 Å². The molecule has 0 aromatic heterocycles. The molecule has 1 fully saturated rings. The predicted octanol–water partition coefficient (Wildman–Crippen LogP) is 2.28. The summed E-state index contributed by atoms with van der Waals surface area (Å²) in [4.78, 5) is 11.5. The van der Waals surface area contributed by atoms with Gasteiger partial charge in [0.25, 0.3) is 0 Å². The average molecular weight is 318 g/mol. The van der Waals surface area contributed by atoms with E-state index in [9.17, 15) is 18.3 Å². The van der Waals surface area contributed by atoms with Gasteiger partial charge in [-0.15, -0.1) is 0 Å². The first-order chi connectivity index (χ1) is 9.19. The molecule has 2 rings (SSSR count). The zero-order valence-electron chi connectivity index (χ0n) is 11.3. The van der Waals surface area contributed by atoms with E-state index in [0.29, 0.717) is 23.4 Å². The van der Waals surface area contributed by atoms with Crippen molar-refractivity contribution >= 4 is 27.6 Å². The van der Waals surface area contributed by atoms with Crippen LogP contribution in [0.1, 0.15) is 25.3 Å². The Morgan fingerprint density at radius 1 is 1.45 bits per heavy atom. The van der Waals surface area contributed by atoms with Crippen molar-refractivity contribution in [2.24, 2.45) is 0 Å². The Hall–Kier alpha value is -1.11. The SMILES string of the molecule is Cc1cc(Cl)ccc1S(=O)(=O)N1CCCC1(C)C(=O)O. The van der Waals surface area contributed by atoms with Crippen LogP contribution in [0.5, 0.6) is 0 Å². The van der Waals surface area contributed by atoms with E-state index in [0.717, 1.165) is 4.31 Å². The van der Waals surface area contributed by atoms with Crippen molar-refractivity contribution < 1.29 is 18.3 Å². The number of halogens is 1. The van der Waals surface area contributed by atoms with Gasteiger partial charge in [-0.2, -0.15) is 4.31 Å². The minimum Gasteiger partial charge on any atom is -0.480 e. The van der Waals surface area contributed by atoms with E-state index < -0.39 is 21.5 Å². The van der Waals surface area contributed by atoms with E-state index in [4.69, 9.17) is 11.6 Å². The van der Waals surface area contributed by atoms with Crippen molar-refractivity contribution in [2.45, 2.75) is 37.1 Å². The number of nitrogens with zero attached hydrogens (tertiary/aromatic N) is 1. The lowest BCUT2D eigenvalue weighted by atomic mass is 10.0. The summed E-state index contributed by atoms with van der Waals surface area (Å²) >= 11 is 5.83. The van der Waals surface area contributed by atoms with E-state index >= 15 is 0 Å². The molecule has 0 radical (unpaired) electrons. The first kappa shape index (κ1) is 15.3. The van der Waals surface area contributed by atoms with Gasteiger partial charge >= 0.3 is 5.97 Å². The molecule has 7 heteroatoms. The second-order valence-corrected chi connectivity index (χ2v) is 7.44. The quantitative estimate of drug-likeness (QED) is 0.928. The van der Waals surface area contributed by atoms with Crippen LogP contribution in [0.25, 0.3) is 0 Å². The van der Waals surface area contributed by atoms with Gasteiger partial charge in [-0.05, 0) is 50.5 Å². The summed E-state index contributed by atoms with van der Waals surface area (Å²) in [5.74, 6) is -1.12. The highest BCUT2D eigenvalue weighted by Gasteiger charge is 2.49. The normalized spacial score (nSPS) is 23.9. The number of carboxylic acids is 1. The summed E-state index contributed by atoms with van der Waals surface area (Å²) in [7, 11) is -3.84. The van der Waals surface area contributed by atoms with E-state index in [2.05, 4.69) is 0 Å². The van der Waals surface area contributed by atoms with Crippen molar-refractivity contribution in [2.75, 3.05) is 6.54 Å². The van der Waals surface area contributed by atoms with Gasteiger partial charge < -0.3 is 5.11 Å². The number of rotatable bonds is 3. The number of hydrogen-bond donors (Lipinski definition) is 1. The van der Waals surface area contributed by atoms with Gasteiger partial charge in [0.2, 0.25) is 10.0 Å². The second kappa shape index (κ2) is 5.02. The van der Waals surface area contributed by atoms with Crippen LogP contribution in [0.3, 0.4) is 0 Å². The molecule has 1 heterocycles. The van der Waals surface area contributed by atoms with E-state index in [1.807, 2.05) is 0 Å². The zero-order chi connectivity index (χ0) is 15.1. The summed E-state index contributed by atoms with van der Waals surface area (Å²) in [6.07, 6.45) is 0.850. The molecule has 1 aliphatic heterocycles. The molecule has 1 aliphatic rings. The molecule has 0 spiro atoms. The fraction of sp³-hybridized carbons (Fsp3) is 0.462. The molecule has 20 heavy (non-hydrogen) atoms. The van der Waals surface area contributed by atoms with Crippen LogP contribution in [0.15, 0.2) is 23.1 Å². The molecule has 1 aromatic rings. The van der Waals surface area contributed by atoms with Crippen molar-refractivity contribution in [3.8, 4) is 0 Å². The Balaban J connectivity index is 2.53. The maximum Gasteiger partial charge on any atom is 0.324 e. The molecule has 1 unspecified atom stereocenters. The Morgan fingerprint density at radius 2 is 2.10 bits per heavy atom. The van der Waals surface area contributed by atoms with Crippen molar-refractivity contribution in [1.82, 2.24) is 4.31 Å². The van der Waals surface area contributed by atoms with Gasteiger partial charge in [-0.1, -0.05) is 11.6 Å². The number of carboxylic acid groups (broad SMARTS) is 1. The maximum atomic E-state index is 12.7. The molecule has 1 N–H and O–H groups in total.